The third-order valence-corrected chi connectivity index (χ3v) is 3.12. The first kappa shape index (κ1) is 16.6. The Hall–Kier alpha value is -2.80. The monoisotopic (exact) mass is 331 g/mol. The molecule has 0 bridgehead atoms. The predicted octanol–water partition coefficient (Wildman–Crippen LogP) is 2.73. The van der Waals surface area contributed by atoms with Crippen molar-refractivity contribution in [1.29, 1.82) is 0 Å². The van der Waals surface area contributed by atoms with Gasteiger partial charge in [0, 0.05) is 5.69 Å². The summed E-state index contributed by atoms with van der Waals surface area (Å²) in [6.07, 6.45) is 1.57. The molecule has 2 aromatic rings. The second kappa shape index (κ2) is 8.00. The Morgan fingerprint density at radius 3 is 2.52 bits per heavy atom. The van der Waals surface area contributed by atoms with Gasteiger partial charge in [-0.3, -0.25) is 5.43 Å². The zero-order chi connectivity index (χ0) is 16.7. The minimum absolute atomic E-state index is 0.0781. The van der Waals surface area contributed by atoms with Crippen molar-refractivity contribution in [3.05, 3.63) is 48.0 Å². The van der Waals surface area contributed by atoms with E-state index in [0.29, 0.717) is 10.9 Å². The molecule has 120 valence electrons. The van der Waals surface area contributed by atoms with Gasteiger partial charge in [-0.15, -0.1) is 0 Å². The Bertz CT molecular complexity index is 702. The van der Waals surface area contributed by atoms with Crippen LogP contribution in [0.2, 0.25) is 0 Å². The summed E-state index contributed by atoms with van der Waals surface area (Å²) in [5.41, 5.74) is 4.30. The number of hydrazone groups is 1. The SMILES string of the molecule is COc1ccc(NC(=S)N/N=C/c2ccc(O)c(OC)c2)cc1. The molecule has 2 aromatic carbocycles. The third-order valence-electron chi connectivity index (χ3n) is 2.93. The molecular weight excluding hydrogens is 314 g/mol. The number of nitrogens with one attached hydrogen (secondary N) is 2. The Morgan fingerprint density at radius 1 is 1.13 bits per heavy atom. The van der Waals surface area contributed by atoms with Crippen LogP contribution in [0.4, 0.5) is 5.69 Å². The van der Waals surface area contributed by atoms with E-state index in [1.807, 2.05) is 24.3 Å². The number of rotatable bonds is 5. The molecule has 0 spiro atoms. The molecule has 2 rings (SSSR count). The van der Waals surface area contributed by atoms with E-state index in [1.165, 1.54) is 13.2 Å². The van der Waals surface area contributed by atoms with E-state index in [2.05, 4.69) is 15.8 Å². The summed E-state index contributed by atoms with van der Waals surface area (Å²) >= 11 is 5.15. The van der Waals surface area contributed by atoms with E-state index in [0.717, 1.165) is 17.0 Å². The number of nitrogens with zero attached hydrogens (tertiary/aromatic N) is 1. The minimum Gasteiger partial charge on any atom is -0.504 e. The average molecular weight is 331 g/mol. The molecule has 0 radical (unpaired) electrons. The van der Waals surface area contributed by atoms with E-state index < -0.39 is 0 Å². The summed E-state index contributed by atoms with van der Waals surface area (Å²) in [7, 11) is 3.10. The van der Waals surface area contributed by atoms with E-state index in [4.69, 9.17) is 21.7 Å². The average Bonchev–Trinajstić information content (AvgIpc) is 2.57. The van der Waals surface area contributed by atoms with Crippen molar-refractivity contribution in [2.45, 2.75) is 0 Å². The number of aromatic hydroxyl groups is 1. The van der Waals surface area contributed by atoms with Gasteiger partial charge < -0.3 is 19.9 Å². The Labute approximate surface area is 139 Å². The molecule has 0 amide bonds. The Morgan fingerprint density at radius 2 is 1.87 bits per heavy atom. The lowest BCUT2D eigenvalue weighted by Crippen LogP contribution is -2.23. The second-order valence-corrected chi connectivity index (χ2v) is 4.89. The molecule has 0 unspecified atom stereocenters. The van der Waals surface area contributed by atoms with E-state index in [-0.39, 0.29) is 5.75 Å². The van der Waals surface area contributed by atoms with E-state index in [1.54, 1.807) is 25.5 Å². The first-order chi connectivity index (χ1) is 11.1. The fourth-order valence-electron chi connectivity index (χ4n) is 1.77. The highest BCUT2D eigenvalue weighted by molar-refractivity contribution is 7.80. The molecule has 0 heterocycles. The summed E-state index contributed by atoms with van der Waals surface area (Å²) < 4.78 is 10.1. The summed E-state index contributed by atoms with van der Waals surface area (Å²) in [5, 5.41) is 16.9. The summed E-state index contributed by atoms with van der Waals surface area (Å²) in [5.74, 6) is 1.23. The highest BCUT2D eigenvalue weighted by Gasteiger charge is 2.01. The second-order valence-electron chi connectivity index (χ2n) is 4.48. The van der Waals surface area contributed by atoms with Crippen molar-refractivity contribution < 1.29 is 14.6 Å². The van der Waals surface area contributed by atoms with Crippen LogP contribution in [-0.2, 0) is 0 Å². The van der Waals surface area contributed by atoms with Crippen LogP contribution >= 0.6 is 12.2 Å². The van der Waals surface area contributed by atoms with Crippen LogP contribution in [-0.4, -0.2) is 30.7 Å². The number of ether oxygens (including phenoxy) is 2. The molecule has 0 aliphatic rings. The van der Waals surface area contributed by atoms with Crippen molar-refractivity contribution in [3.8, 4) is 17.2 Å². The van der Waals surface area contributed by atoms with Crippen LogP contribution < -0.4 is 20.2 Å². The van der Waals surface area contributed by atoms with Gasteiger partial charge in [-0.2, -0.15) is 5.10 Å². The lowest BCUT2D eigenvalue weighted by Gasteiger charge is -2.07. The normalized spacial score (nSPS) is 10.3. The molecule has 6 nitrogen and oxygen atoms in total. The molecule has 0 aliphatic heterocycles. The first-order valence-electron chi connectivity index (χ1n) is 6.73. The van der Waals surface area contributed by atoms with Crippen LogP contribution in [0.1, 0.15) is 5.56 Å². The van der Waals surface area contributed by atoms with Crippen molar-refractivity contribution in [3.63, 3.8) is 0 Å². The molecule has 0 fully saturated rings. The van der Waals surface area contributed by atoms with Crippen LogP contribution in [0, 0.1) is 0 Å². The largest absolute Gasteiger partial charge is 0.504 e. The lowest BCUT2D eigenvalue weighted by molar-refractivity contribution is 0.373. The molecule has 0 saturated heterocycles. The number of hydrogen-bond donors (Lipinski definition) is 3. The highest BCUT2D eigenvalue weighted by atomic mass is 32.1. The van der Waals surface area contributed by atoms with Gasteiger partial charge in [0.15, 0.2) is 16.6 Å². The van der Waals surface area contributed by atoms with Crippen LogP contribution in [0.5, 0.6) is 17.2 Å². The molecule has 23 heavy (non-hydrogen) atoms. The molecule has 3 N–H and O–H groups in total. The van der Waals surface area contributed by atoms with Gasteiger partial charge in [-0.25, -0.2) is 0 Å². The van der Waals surface area contributed by atoms with Gasteiger partial charge in [0.2, 0.25) is 0 Å². The van der Waals surface area contributed by atoms with Gasteiger partial charge in [0.1, 0.15) is 5.75 Å². The highest BCUT2D eigenvalue weighted by Crippen LogP contribution is 2.25. The minimum atomic E-state index is 0.0781. The maximum Gasteiger partial charge on any atom is 0.191 e. The van der Waals surface area contributed by atoms with Crippen molar-refractivity contribution in [2.75, 3.05) is 19.5 Å². The van der Waals surface area contributed by atoms with Gasteiger partial charge in [0.25, 0.3) is 0 Å². The number of benzene rings is 2. The standard InChI is InChI=1S/C16H17N3O3S/c1-21-13-6-4-12(5-7-13)18-16(23)19-17-10-11-3-8-14(20)15(9-11)22-2/h3-10,20H,1-2H3,(H2,18,19,23)/b17-10+. The molecule has 0 aliphatic carbocycles. The number of phenols is 1. The molecule has 7 heteroatoms. The smallest absolute Gasteiger partial charge is 0.191 e. The zero-order valence-corrected chi connectivity index (χ0v) is 13.6. The summed E-state index contributed by atoms with van der Waals surface area (Å²) in [6, 6.07) is 12.3. The van der Waals surface area contributed by atoms with Crippen LogP contribution in [0.3, 0.4) is 0 Å². The number of hydrogen-bond acceptors (Lipinski definition) is 5. The summed E-state index contributed by atoms with van der Waals surface area (Å²) in [6.45, 7) is 0. The van der Waals surface area contributed by atoms with E-state index >= 15 is 0 Å². The number of phenolic OH excluding ortho intramolecular Hbond substituents is 1. The van der Waals surface area contributed by atoms with Gasteiger partial charge >= 0.3 is 0 Å². The molecule has 0 atom stereocenters. The number of methoxy groups -OCH3 is 2. The fourth-order valence-corrected chi connectivity index (χ4v) is 1.94. The Balaban J connectivity index is 1.90. The van der Waals surface area contributed by atoms with Crippen molar-refractivity contribution in [1.82, 2.24) is 5.43 Å². The maximum absolute atomic E-state index is 9.53. The molecular formula is C16H17N3O3S. The van der Waals surface area contributed by atoms with E-state index in [9.17, 15) is 5.11 Å². The number of thiocarbonyl (C=S) groups is 1. The van der Waals surface area contributed by atoms with Gasteiger partial charge in [-0.05, 0) is 60.2 Å². The van der Waals surface area contributed by atoms with Gasteiger partial charge in [0.05, 0.1) is 20.4 Å². The molecule has 0 aromatic heterocycles. The number of anilines is 1. The Kier molecular flexibility index (Phi) is 5.76. The van der Waals surface area contributed by atoms with Crippen LogP contribution in [0.15, 0.2) is 47.6 Å². The van der Waals surface area contributed by atoms with Crippen LogP contribution in [0.25, 0.3) is 0 Å². The summed E-state index contributed by atoms with van der Waals surface area (Å²) in [4.78, 5) is 0. The quantitative estimate of drug-likeness (QED) is 0.444. The third kappa shape index (κ3) is 4.86. The topological polar surface area (TPSA) is 75.1 Å². The zero-order valence-electron chi connectivity index (χ0n) is 12.7. The fraction of sp³-hybridized carbons (Fsp3) is 0.125. The molecule has 0 saturated carbocycles. The van der Waals surface area contributed by atoms with Crippen molar-refractivity contribution in [2.24, 2.45) is 5.10 Å². The van der Waals surface area contributed by atoms with Crippen molar-refractivity contribution >= 4 is 29.2 Å². The lowest BCUT2D eigenvalue weighted by atomic mass is 10.2. The van der Waals surface area contributed by atoms with Gasteiger partial charge in [-0.1, -0.05) is 0 Å². The first-order valence-corrected chi connectivity index (χ1v) is 7.14. The predicted molar refractivity (Wildman–Crippen MR) is 94.6 cm³/mol. The maximum atomic E-state index is 9.53.